The largest absolute Gasteiger partial charge is 0.481 e. The van der Waals surface area contributed by atoms with Crippen LogP contribution in [0.2, 0.25) is 5.02 Å². The molecule has 1 aliphatic heterocycles. The maximum absolute atomic E-state index is 13.8. The van der Waals surface area contributed by atoms with Crippen molar-refractivity contribution in [3.8, 4) is 5.75 Å². The van der Waals surface area contributed by atoms with Gasteiger partial charge >= 0.3 is 0 Å². The molecule has 4 rings (SSSR count). The van der Waals surface area contributed by atoms with E-state index in [0.29, 0.717) is 5.69 Å². The van der Waals surface area contributed by atoms with E-state index in [4.69, 9.17) is 21.3 Å². The molecule has 0 unspecified atom stereocenters. The molecule has 1 saturated heterocycles. The van der Waals surface area contributed by atoms with Crippen LogP contribution >= 0.6 is 11.6 Å². The zero-order chi connectivity index (χ0) is 22.0. The van der Waals surface area contributed by atoms with Gasteiger partial charge < -0.3 is 19.9 Å². The average Bonchev–Trinajstić information content (AvgIpc) is 2.74. The zero-order valence-corrected chi connectivity index (χ0v) is 18.2. The van der Waals surface area contributed by atoms with E-state index in [0.717, 1.165) is 54.5 Å². The SMILES string of the molecule is Cc1cc(N2CCN(C)CC2)nc2ccc(NC(=O)COc3ccc(Cl)cc3F)cc12. The smallest absolute Gasteiger partial charge is 0.262 e. The van der Waals surface area contributed by atoms with Crippen LogP contribution in [0, 0.1) is 12.7 Å². The molecule has 31 heavy (non-hydrogen) atoms. The Bertz CT molecular complexity index is 1120. The molecule has 1 aromatic heterocycles. The summed E-state index contributed by atoms with van der Waals surface area (Å²) in [5.41, 5.74) is 2.61. The number of likely N-dealkylation sites (N-methyl/N-ethyl adjacent to an activating group) is 1. The van der Waals surface area contributed by atoms with Gasteiger partial charge in [0.2, 0.25) is 0 Å². The number of hydrogen-bond acceptors (Lipinski definition) is 5. The average molecular weight is 443 g/mol. The van der Waals surface area contributed by atoms with E-state index < -0.39 is 5.82 Å². The summed E-state index contributed by atoms with van der Waals surface area (Å²) in [4.78, 5) is 21.7. The van der Waals surface area contributed by atoms with E-state index in [1.165, 1.54) is 12.1 Å². The standard InChI is InChI=1S/C23H24ClFN4O2/c1-15-11-22(29-9-7-28(2)8-10-29)27-20-5-4-17(13-18(15)20)26-23(30)14-31-21-6-3-16(24)12-19(21)25/h3-6,11-13H,7-10,14H2,1-2H3,(H,26,30). The van der Waals surface area contributed by atoms with Crippen LogP contribution in [-0.4, -0.2) is 55.6 Å². The molecule has 162 valence electrons. The molecule has 1 fully saturated rings. The number of hydrogen-bond donors (Lipinski definition) is 1. The first kappa shape index (κ1) is 21.3. The number of piperazine rings is 1. The lowest BCUT2D eigenvalue weighted by Gasteiger charge is -2.33. The van der Waals surface area contributed by atoms with E-state index in [9.17, 15) is 9.18 Å². The predicted molar refractivity (Wildman–Crippen MR) is 122 cm³/mol. The van der Waals surface area contributed by atoms with Crippen molar-refractivity contribution >= 4 is 39.9 Å². The summed E-state index contributed by atoms with van der Waals surface area (Å²) < 4.78 is 19.0. The summed E-state index contributed by atoms with van der Waals surface area (Å²) >= 11 is 5.72. The highest BCUT2D eigenvalue weighted by atomic mass is 35.5. The van der Waals surface area contributed by atoms with Gasteiger partial charge in [0, 0.05) is 42.3 Å². The lowest BCUT2D eigenvalue weighted by Crippen LogP contribution is -2.44. The van der Waals surface area contributed by atoms with Gasteiger partial charge in [-0.15, -0.1) is 0 Å². The van der Waals surface area contributed by atoms with Crippen molar-refractivity contribution in [2.75, 3.05) is 50.1 Å². The molecule has 0 aliphatic carbocycles. The highest BCUT2D eigenvalue weighted by Gasteiger charge is 2.17. The van der Waals surface area contributed by atoms with Crippen molar-refractivity contribution in [1.29, 1.82) is 0 Å². The van der Waals surface area contributed by atoms with Crippen LogP contribution in [0.5, 0.6) is 5.75 Å². The highest BCUT2D eigenvalue weighted by Crippen LogP contribution is 2.26. The number of aromatic nitrogens is 1. The van der Waals surface area contributed by atoms with E-state index in [2.05, 4.69) is 28.2 Å². The quantitative estimate of drug-likeness (QED) is 0.644. The molecule has 3 aromatic rings. The normalized spacial score (nSPS) is 14.6. The molecule has 2 heterocycles. The van der Waals surface area contributed by atoms with Gasteiger partial charge in [-0.3, -0.25) is 4.79 Å². The predicted octanol–water partition coefficient (Wildman–Crippen LogP) is 4.11. The van der Waals surface area contributed by atoms with Crippen LogP contribution in [-0.2, 0) is 4.79 Å². The van der Waals surface area contributed by atoms with Crippen molar-refractivity contribution in [3.05, 3.63) is 58.9 Å². The maximum Gasteiger partial charge on any atom is 0.262 e. The lowest BCUT2D eigenvalue weighted by molar-refractivity contribution is -0.118. The topological polar surface area (TPSA) is 57.7 Å². The van der Waals surface area contributed by atoms with Gasteiger partial charge in [-0.2, -0.15) is 0 Å². The molecule has 1 aliphatic rings. The molecule has 1 amide bonds. The highest BCUT2D eigenvalue weighted by molar-refractivity contribution is 6.30. The summed E-state index contributed by atoms with van der Waals surface area (Å²) in [6.07, 6.45) is 0. The van der Waals surface area contributed by atoms with Crippen LogP contribution in [0.3, 0.4) is 0 Å². The lowest BCUT2D eigenvalue weighted by atomic mass is 10.1. The van der Waals surface area contributed by atoms with Crippen molar-refractivity contribution in [2.45, 2.75) is 6.92 Å². The number of carbonyl (C=O) groups excluding carboxylic acids is 1. The summed E-state index contributed by atoms with van der Waals surface area (Å²) in [6, 6.07) is 11.7. The fourth-order valence-electron chi connectivity index (χ4n) is 3.58. The molecule has 2 aromatic carbocycles. The number of fused-ring (bicyclic) bond motifs is 1. The third-order valence-corrected chi connectivity index (χ3v) is 5.60. The number of rotatable bonds is 5. The fourth-order valence-corrected chi connectivity index (χ4v) is 3.74. The molecule has 0 atom stereocenters. The molecule has 0 spiro atoms. The summed E-state index contributed by atoms with van der Waals surface area (Å²) in [6.45, 7) is 5.68. The Balaban J connectivity index is 1.44. The second-order valence-corrected chi connectivity index (χ2v) is 8.17. The number of pyridine rings is 1. The van der Waals surface area contributed by atoms with Crippen molar-refractivity contribution in [2.24, 2.45) is 0 Å². The van der Waals surface area contributed by atoms with Gasteiger partial charge in [0.1, 0.15) is 5.82 Å². The van der Waals surface area contributed by atoms with Gasteiger partial charge in [0.15, 0.2) is 18.2 Å². The van der Waals surface area contributed by atoms with Gasteiger partial charge in [-0.25, -0.2) is 9.37 Å². The molecule has 0 saturated carbocycles. The number of amides is 1. The monoisotopic (exact) mass is 442 g/mol. The number of benzene rings is 2. The van der Waals surface area contributed by atoms with Gasteiger partial charge in [-0.1, -0.05) is 11.6 Å². The van der Waals surface area contributed by atoms with Gasteiger partial charge in [-0.05, 0) is 62.0 Å². The summed E-state index contributed by atoms with van der Waals surface area (Å²) in [5.74, 6) is -0.0277. The number of halogens is 2. The number of aryl methyl sites for hydroxylation is 1. The minimum absolute atomic E-state index is 0.0189. The Hall–Kier alpha value is -2.90. The Morgan fingerprint density at radius 2 is 1.94 bits per heavy atom. The third kappa shape index (κ3) is 5.06. The van der Waals surface area contributed by atoms with Crippen molar-refractivity contribution < 1.29 is 13.9 Å². The molecule has 0 radical (unpaired) electrons. The van der Waals surface area contributed by atoms with E-state index >= 15 is 0 Å². The maximum atomic E-state index is 13.8. The first-order valence-corrected chi connectivity index (χ1v) is 10.5. The van der Waals surface area contributed by atoms with Crippen molar-refractivity contribution in [3.63, 3.8) is 0 Å². The van der Waals surface area contributed by atoms with E-state index in [-0.39, 0.29) is 23.3 Å². The molecular formula is C23H24ClFN4O2. The first-order chi connectivity index (χ1) is 14.9. The number of anilines is 2. The van der Waals surface area contributed by atoms with Crippen LogP contribution in [0.4, 0.5) is 15.9 Å². The molecule has 8 heteroatoms. The summed E-state index contributed by atoms with van der Waals surface area (Å²) in [5, 5.41) is 4.03. The molecular weight excluding hydrogens is 419 g/mol. The first-order valence-electron chi connectivity index (χ1n) is 10.1. The third-order valence-electron chi connectivity index (χ3n) is 5.37. The van der Waals surface area contributed by atoms with Gasteiger partial charge in [0.25, 0.3) is 5.91 Å². The minimum Gasteiger partial charge on any atom is -0.481 e. The van der Waals surface area contributed by atoms with Crippen LogP contribution < -0.4 is 15.0 Å². The zero-order valence-electron chi connectivity index (χ0n) is 17.5. The van der Waals surface area contributed by atoms with Crippen molar-refractivity contribution in [1.82, 2.24) is 9.88 Å². The second kappa shape index (κ2) is 9.08. The van der Waals surface area contributed by atoms with Crippen LogP contribution in [0.15, 0.2) is 42.5 Å². The Morgan fingerprint density at radius 3 is 2.68 bits per heavy atom. The molecule has 1 N–H and O–H groups in total. The van der Waals surface area contributed by atoms with Gasteiger partial charge in [0.05, 0.1) is 5.52 Å². The number of nitrogens with zero attached hydrogens (tertiary/aromatic N) is 3. The number of carbonyl (C=O) groups is 1. The Morgan fingerprint density at radius 1 is 1.16 bits per heavy atom. The Labute approximate surface area is 185 Å². The van der Waals surface area contributed by atoms with E-state index in [1.807, 2.05) is 25.1 Å². The van der Waals surface area contributed by atoms with E-state index in [1.54, 1.807) is 0 Å². The Kier molecular flexibility index (Phi) is 6.25. The van der Waals surface area contributed by atoms with Crippen LogP contribution in [0.1, 0.15) is 5.56 Å². The van der Waals surface area contributed by atoms with Crippen LogP contribution in [0.25, 0.3) is 10.9 Å². The number of nitrogens with one attached hydrogen (secondary N) is 1. The number of ether oxygens (including phenoxy) is 1. The molecule has 0 bridgehead atoms. The second-order valence-electron chi connectivity index (χ2n) is 7.73. The molecule has 6 nitrogen and oxygen atoms in total. The summed E-state index contributed by atoms with van der Waals surface area (Å²) in [7, 11) is 2.13. The minimum atomic E-state index is -0.608. The fraction of sp³-hybridized carbons (Fsp3) is 0.304.